The molecule has 0 saturated heterocycles. The van der Waals surface area contributed by atoms with Crippen LogP contribution in [0.5, 0.6) is 0 Å². The molecular formula is C18H15FN2. The van der Waals surface area contributed by atoms with Crippen LogP contribution in [0.2, 0.25) is 0 Å². The Morgan fingerprint density at radius 3 is 2.43 bits per heavy atom. The van der Waals surface area contributed by atoms with E-state index in [1.807, 2.05) is 35.2 Å². The number of rotatable bonds is 4. The van der Waals surface area contributed by atoms with Crippen molar-refractivity contribution in [2.24, 2.45) is 0 Å². The Bertz CT molecular complexity index is 711. The highest BCUT2D eigenvalue weighted by molar-refractivity contribution is 5.49. The second kappa shape index (κ2) is 6.18. The number of hydrogen-bond donors (Lipinski definition) is 0. The van der Waals surface area contributed by atoms with Crippen LogP contribution in [0.15, 0.2) is 73.1 Å². The SMILES string of the molecule is Fc1ccc(/C=C/Cc2ccc(-n3cccn3)cc2)cc1. The standard InChI is InChI=1S/C18H15FN2/c19-17-9-5-15(6-10-17)3-1-4-16-7-11-18(12-8-16)21-14-2-13-20-21/h1-3,5-14H,4H2/b3-1+. The molecule has 0 fully saturated rings. The summed E-state index contributed by atoms with van der Waals surface area (Å²) in [6.45, 7) is 0. The molecule has 0 aliphatic rings. The van der Waals surface area contributed by atoms with Gasteiger partial charge in [0.1, 0.15) is 5.82 Å². The maximum absolute atomic E-state index is 12.8. The molecule has 0 bridgehead atoms. The average Bonchev–Trinajstić information content (AvgIpc) is 3.04. The van der Waals surface area contributed by atoms with Crippen LogP contribution >= 0.6 is 0 Å². The zero-order chi connectivity index (χ0) is 14.5. The number of halogens is 1. The lowest BCUT2D eigenvalue weighted by molar-refractivity contribution is 0.628. The molecule has 0 amide bonds. The molecule has 0 aliphatic carbocycles. The summed E-state index contributed by atoms with van der Waals surface area (Å²) in [5.41, 5.74) is 3.28. The molecule has 104 valence electrons. The Labute approximate surface area is 123 Å². The summed E-state index contributed by atoms with van der Waals surface area (Å²) in [6, 6.07) is 16.7. The quantitative estimate of drug-likeness (QED) is 0.697. The summed E-state index contributed by atoms with van der Waals surface area (Å²) in [6.07, 6.45) is 8.61. The zero-order valence-electron chi connectivity index (χ0n) is 11.5. The van der Waals surface area contributed by atoms with Gasteiger partial charge in [-0.05, 0) is 47.9 Å². The van der Waals surface area contributed by atoms with E-state index < -0.39 is 0 Å². The van der Waals surface area contributed by atoms with E-state index in [1.165, 1.54) is 17.7 Å². The summed E-state index contributed by atoms with van der Waals surface area (Å²) >= 11 is 0. The molecule has 0 N–H and O–H groups in total. The van der Waals surface area contributed by atoms with Gasteiger partial charge < -0.3 is 0 Å². The minimum absolute atomic E-state index is 0.207. The average molecular weight is 278 g/mol. The molecule has 0 aliphatic heterocycles. The van der Waals surface area contributed by atoms with E-state index in [2.05, 4.69) is 23.3 Å². The van der Waals surface area contributed by atoms with Crippen LogP contribution in [0.4, 0.5) is 4.39 Å². The fourth-order valence-electron chi connectivity index (χ4n) is 2.11. The normalized spacial score (nSPS) is 11.1. The topological polar surface area (TPSA) is 17.8 Å². The molecule has 0 radical (unpaired) electrons. The second-order valence-corrected chi connectivity index (χ2v) is 4.78. The molecule has 3 aromatic rings. The first-order valence-corrected chi connectivity index (χ1v) is 6.82. The van der Waals surface area contributed by atoms with Crippen molar-refractivity contribution in [2.45, 2.75) is 6.42 Å². The molecule has 3 rings (SSSR count). The van der Waals surface area contributed by atoms with Crippen LogP contribution in [0.1, 0.15) is 11.1 Å². The van der Waals surface area contributed by atoms with Crippen molar-refractivity contribution >= 4 is 6.08 Å². The van der Waals surface area contributed by atoms with Gasteiger partial charge in [-0.3, -0.25) is 0 Å². The molecule has 3 heteroatoms. The van der Waals surface area contributed by atoms with Gasteiger partial charge in [0, 0.05) is 12.4 Å². The lowest BCUT2D eigenvalue weighted by Gasteiger charge is -2.02. The first kappa shape index (κ1) is 13.3. The van der Waals surface area contributed by atoms with Gasteiger partial charge in [0.15, 0.2) is 0 Å². The second-order valence-electron chi connectivity index (χ2n) is 4.78. The van der Waals surface area contributed by atoms with Crippen LogP contribution in [0.25, 0.3) is 11.8 Å². The molecule has 2 nitrogen and oxygen atoms in total. The van der Waals surface area contributed by atoms with E-state index in [9.17, 15) is 4.39 Å². The van der Waals surface area contributed by atoms with Gasteiger partial charge >= 0.3 is 0 Å². The molecule has 1 heterocycles. The summed E-state index contributed by atoms with van der Waals surface area (Å²) in [4.78, 5) is 0. The van der Waals surface area contributed by atoms with Crippen molar-refractivity contribution in [2.75, 3.05) is 0 Å². The van der Waals surface area contributed by atoms with E-state index in [0.717, 1.165) is 17.7 Å². The molecule has 0 saturated carbocycles. The van der Waals surface area contributed by atoms with Gasteiger partial charge in [0.25, 0.3) is 0 Å². The molecule has 0 unspecified atom stereocenters. The Hall–Kier alpha value is -2.68. The zero-order valence-corrected chi connectivity index (χ0v) is 11.5. The molecule has 2 aromatic carbocycles. The third-order valence-electron chi connectivity index (χ3n) is 3.24. The Morgan fingerprint density at radius 2 is 1.76 bits per heavy atom. The fourth-order valence-corrected chi connectivity index (χ4v) is 2.11. The summed E-state index contributed by atoms with van der Waals surface area (Å²) in [5.74, 6) is -0.207. The monoisotopic (exact) mass is 278 g/mol. The van der Waals surface area contributed by atoms with Crippen LogP contribution in [-0.2, 0) is 6.42 Å². The minimum Gasteiger partial charge on any atom is -0.241 e. The first-order chi connectivity index (χ1) is 10.3. The smallest absolute Gasteiger partial charge is 0.123 e. The predicted octanol–water partition coefficient (Wildman–Crippen LogP) is 4.27. The van der Waals surface area contributed by atoms with E-state index >= 15 is 0 Å². The maximum Gasteiger partial charge on any atom is 0.123 e. The molecule has 21 heavy (non-hydrogen) atoms. The Morgan fingerprint density at radius 1 is 1.00 bits per heavy atom. The number of benzene rings is 2. The number of allylic oxidation sites excluding steroid dienone is 1. The third kappa shape index (κ3) is 3.45. The van der Waals surface area contributed by atoms with Gasteiger partial charge in [-0.25, -0.2) is 9.07 Å². The molecule has 1 aromatic heterocycles. The predicted molar refractivity (Wildman–Crippen MR) is 82.7 cm³/mol. The number of aromatic nitrogens is 2. The lowest BCUT2D eigenvalue weighted by Crippen LogP contribution is -1.93. The van der Waals surface area contributed by atoms with E-state index in [-0.39, 0.29) is 5.82 Å². The largest absolute Gasteiger partial charge is 0.241 e. The number of nitrogens with zero attached hydrogens (tertiary/aromatic N) is 2. The van der Waals surface area contributed by atoms with E-state index in [1.54, 1.807) is 18.3 Å². The summed E-state index contributed by atoms with van der Waals surface area (Å²) in [5, 5.41) is 4.20. The first-order valence-electron chi connectivity index (χ1n) is 6.82. The van der Waals surface area contributed by atoms with Crippen molar-refractivity contribution in [3.05, 3.63) is 90.0 Å². The highest BCUT2D eigenvalue weighted by Gasteiger charge is 1.96. The van der Waals surface area contributed by atoms with Gasteiger partial charge in [0.2, 0.25) is 0 Å². The van der Waals surface area contributed by atoms with Crippen LogP contribution in [-0.4, -0.2) is 9.78 Å². The van der Waals surface area contributed by atoms with E-state index in [4.69, 9.17) is 0 Å². The van der Waals surface area contributed by atoms with Crippen molar-refractivity contribution in [1.29, 1.82) is 0 Å². The lowest BCUT2D eigenvalue weighted by atomic mass is 10.1. The van der Waals surface area contributed by atoms with Crippen molar-refractivity contribution < 1.29 is 4.39 Å². The van der Waals surface area contributed by atoms with Crippen LogP contribution < -0.4 is 0 Å². The fraction of sp³-hybridized carbons (Fsp3) is 0.0556. The van der Waals surface area contributed by atoms with Gasteiger partial charge in [-0.2, -0.15) is 5.10 Å². The molecule has 0 atom stereocenters. The van der Waals surface area contributed by atoms with Gasteiger partial charge in [-0.15, -0.1) is 0 Å². The highest BCUT2D eigenvalue weighted by atomic mass is 19.1. The Kier molecular flexibility index (Phi) is 3.92. The van der Waals surface area contributed by atoms with Crippen LogP contribution in [0.3, 0.4) is 0 Å². The van der Waals surface area contributed by atoms with Gasteiger partial charge in [-0.1, -0.05) is 36.4 Å². The molecule has 0 spiro atoms. The summed E-state index contributed by atoms with van der Waals surface area (Å²) in [7, 11) is 0. The highest BCUT2D eigenvalue weighted by Crippen LogP contribution is 2.11. The molecular weight excluding hydrogens is 263 g/mol. The van der Waals surface area contributed by atoms with Crippen molar-refractivity contribution in [3.8, 4) is 5.69 Å². The van der Waals surface area contributed by atoms with Crippen molar-refractivity contribution in [1.82, 2.24) is 9.78 Å². The van der Waals surface area contributed by atoms with Crippen molar-refractivity contribution in [3.63, 3.8) is 0 Å². The Balaban J connectivity index is 1.64. The number of hydrogen-bond acceptors (Lipinski definition) is 1. The van der Waals surface area contributed by atoms with Gasteiger partial charge in [0.05, 0.1) is 5.69 Å². The minimum atomic E-state index is -0.207. The van der Waals surface area contributed by atoms with Crippen LogP contribution in [0, 0.1) is 5.82 Å². The maximum atomic E-state index is 12.8. The van der Waals surface area contributed by atoms with E-state index in [0.29, 0.717) is 0 Å². The third-order valence-corrected chi connectivity index (χ3v) is 3.24. The summed E-state index contributed by atoms with van der Waals surface area (Å²) < 4.78 is 14.6.